The number of hydrogen-bond donors (Lipinski definition) is 1. The maximum absolute atomic E-state index is 5.95. The quantitative estimate of drug-likeness (QED) is 0.862. The van der Waals surface area contributed by atoms with Gasteiger partial charge in [0.2, 0.25) is 0 Å². The van der Waals surface area contributed by atoms with Crippen molar-refractivity contribution in [2.24, 2.45) is 18.7 Å². The van der Waals surface area contributed by atoms with Gasteiger partial charge in [0.05, 0.1) is 18.1 Å². The first-order valence-electron chi connectivity index (χ1n) is 6.66. The van der Waals surface area contributed by atoms with Gasteiger partial charge in [0, 0.05) is 19.8 Å². The average Bonchev–Trinajstić information content (AvgIpc) is 2.78. The van der Waals surface area contributed by atoms with Gasteiger partial charge in [-0.2, -0.15) is 0 Å². The molecule has 1 aromatic heterocycles. The van der Waals surface area contributed by atoms with Crippen LogP contribution in [0, 0.1) is 5.92 Å². The summed E-state index contributed by atoms with van der Waals surface area (Å²) in [6.07, 6.45) is 7.74. The number of rotatable bonds is 4. The first kappa shape index (κ1) is 12.6. The van der Waals surface area contributed by atoms with Crippen molar-refractivity contribution in [3.8, 4) is 0 Å². The summed E-state index contributed by atoms with van der Waals surface area (Å²) >= 11 is 0. The van der Waals surface area contributed by atoms with E-state index in [9.17, 15) is 0 Å². The molecule has 1 unspecified atom stereocenters. The summed E-state index contributed by atoms with van der Waals surface area (Å²) in [6.45, 7) is 5.31. The van der Waals surface area contributed by atoms with Gasteiger partial charge in [-0.15, -0.1) is 0 Å². The van der Waals surface area contributed by atoms with E-state index in [1.54, 1.807) is 0 Å². The van der Waals surface area contributed by atoms with Crippen molar-refractivity contribution in [2.75, 3.05) is 19.6 Å². The van der Waals surface area contributed by atoms with Gasteiger partial charge in [-0.25, -0.2) is 4.98 Å². The van der Waals surface area contributed by atoms with Crippen LogP contribution in [-0.2, 0) is 7.05 Å². The largest absolute Gasteiger partial charge is 0.336 e. The van der Waals surface area contributed by atoms with E-state index in [4.69, 9.17) is 5.73 Å². The monoisotopic (exact) mass is 236 g/mol. The summed E-state index contributed by atoms with van der Waals surface area (Å²) in [6, 6.07) is 0.334. The molecule has 0 aliphatic carbocycles. The number of piperidine rings is 1. The van der Waals surface area contributed by atoms with Crippen LogP contribution in [0.25, 0.3) is 0 Å². The lowest BCUT2D eigenvalue weighted by Crippen LogP contribution is -2.40. The minimum atomic E-state index is 0.334. The second-order valence-electron chi connectivity index (χ2n) is 5.07. The molecule has 0 amide bonds. The van der Waals surface area contributed by atoms with Gasteiger partial charge >= 0.3 is 0 Å². The Morgan fingerprint density at radius 3 is 2.65 bits per heavy atom. The Kier molecular flexibility index (Phi) is 4.18. The minimum Gasteiger partial charge on any atom is -0.336 e. The molecule has 1 aromatic rings. The van der Waals surface area contributed by atoms with Crippen LogP contribution < -0.4 is 5.73 Å². The fourth-order valence-electron chi connectivity index (χ4n) is 2.82. The fraction of sp³-hybridized carbons (Fsp3) is 0.769. The molecule has 2 rings (SSSR count). The molecule has 17 heavy (non-hydrogen) atoms. The summed E-state index contributed by atoms with van der Waals surface area (Å²) in [5.41, 5.74) is 7.19. The molecule has 1 fully saturated rings. The van der Waals surface area contributed by atoms with Crippen LogP contribution in [0.4, 0.5) is 0 Å². The minimum absolute atomic E-state index is 0.334. The molecule has 4 nitrogen and oxygen atoms in total. The number of hydrogen-bond acceptors (Lipinski definition) is 3. The third kappa shape index (κ3) is 2.69. The molecule has 0 spiro atoms. The summed E-state index contributed by atoms with van der Waals surface area (Å²) in [5, 5.41) is 0. The molecule has 0 saturated carbocycles. The standard InChI is InChI=1S/C13H24N4/c1-3-11-4-6-17(7-5-11)12(8-14)13-9-15-10-16(13)2/h9-12H,3-8,14H2,1-2H3. The maximum atomic E-state index is 5.95. The van der Waals surface area contributed by atoms with Crippen LogP contribution >= 0.6 is 0 Å². The van der Waals surface area contributed by atoms with Crippen LogP contribution in [0.5, 0.6) is 0 Å². The molecule has 0 bridgehead atoms. The van der Waals surface area contributed by atoms with Gasteiger partial charge in [0.1, 0.15) is 0 Å². The zero-order valence-corrected chi connectivity index (χ0v) is 11.0. The Bertz CT molecular complexity index is 339. The summed E-state index contributed by atoms with van der Waals surface area (Å²) in [7, 11) is 2.05. The highest BCUT2D eigenvalue weighted by atomic mass is 15.2. The van der Waals surface area contributed by atoms with Gasteiger partial charge in [0.15, 0.2) is 0 Å². The first-order valence-corrected chi connectivity index (χ1v) is 6.66. The number of nitrogens with zero attached hydrogens (tertiary/aromatic N) is 3. The Labute approximate surface area is 104 Å². The summed E-state index contributed by atoms with van der Waals surface area (Å²) < 4.78 is 2.09. The van der Waals surface area contributed by atoms with E-state index in [0.29, 0.717) is 12.6 Å². The van der Waals surface area contributed by atoms with Gasteiger partial charge < -0.3 is 10.3 Å². The third-order valence-corrected chi connectivity index (χ3v) is 4.09. The van der Waals surface area contributed by atoms with Crippen molar-refractivity contribution < 1.29 is 0 Å². The van der Waals surface area contributed by atoms with Gasteiger partial charge in [-0.1, -0.05) is 13.3 Å². The highest BCUT2D eigenvalue weighted by molar-refractivity contribution is 5.06. The predicted octanol–water partition coefficient (Wildman–Crippen LogP) is 1.54. The first-order chi connectivity index (χ1) is 8.26. The molecule has 1 aliphatic rings. The Balaban J connectivity index is 2.03. The molecular weight excluding hydrogens is 212 g/mol. The van der Waals surface area contributed by atoms with Crippen LogP contribution in [-0.4, -0.2) is 34.1 Å². The SMILES string of the molecule is CCC1CCN(C(CN)c2cncn2C)CC1. The topological polar surface area (TPSA) is 47.1 Å². The van der Waals surface area contributed by atoms with E-state index in [0.717, 1.165) is 5.92 Å². The second-order valence-corrected chi connectivity index (χ2v) is 5.07. The van der Waals surface area contributed by atoms with E-state index in [2.05, 4.69) is 21.4 Å². The van der Waals surface area contributed by atoms with E-state index < -0.39 is 0 Å². The highest BCUT2D eigenvalue weighted by Gasteiger charge is 2.25. The molecule has 2 N–H and O–H groups in total. The van der Waals surface area contributed by atoms with Crippen molar-refractivity contribution in [2.45, 2.75) is 32.2 Å². The van der Waals surface area contributed by atoms with Gasteiger partial charge in [-0.05, 0) is 31.8 Å². The normalized spacial score (nSPS) is 20.6. The zero-order chi connectivity index (χ0) is 12.3. The lowest BCUT2D eigenvalue weighted by molar-refractivity contribution is 0.130. The molecule has 96 valence electrons. The van der Waals surface area contributed by atoms with Crippen molar-refractivity contribution in [1.82, 2.24) is 14.5 Å². The molecule has 1 atom stereocenters. The smallest absolute Gasteiger partial charge is 0.0946 e. The summed E-state index contributed by atoms with van der Waals surface area (Å²) in [5.74, 6) is 0.913. The van der Waals surface area contributed by atoms with Crippen LogP contribution in [0.1, 0.15) is 37.9 Å². The fourth-order valence-corrected chi connectivity index (χ4v) is 2.82. The van der Waals surface area contributed by atoms with Crippen molar-refractivity contribution in [3.63, 3.8) is 0 Å². The molecule has 1 saturated heterocycles. The van der Waals surface area contributed by atoms with E-state index in [-0.39, 0.29) is 0 Å². The highest BCUT2D eigenvalue weighted by Crippen LogP contribution is 2.27. The molecule has 4 heteroatoms. The molecule has 0 aromatic carbocycles. The predicted molar refractivity (Wildman–Crippen MR) is 69.6 cm³/mol. The van der Waals surface area contributed by atoms with Gasteiger partial charge in [0.25, 0.3) is 0 Å². The Morgan fingerprint density at radius 2 is 2.18 bits per heavy atom. The number of likely N-dealkylation sites (tertiary alicyclic amines) is 1. The number of aromatic nitrogens is 2. The maximum Gasteiger partial charge on any atom is 0.0946 e. The average molecular weight is 236 g/mol. The van der Waals surface area contributed by atoms with Crippen molar-refractivity contribution >= 4 is 0 Å². The summed E-state index contributed by atoms with van der Waals surface area (Å²) in [4.78, 5) is 6.71. The van der Waals surface area contributed by atoms with Crippen LogP contribution in [0.15, 0.2) is 12.5 Å². The molecule has 0 radical (unpaired) electrons. The lowest BCUT2D eigenvalue weighted by atomic mass is 9.93. The van der Waals surface area contributed by atoms with Crippen LogP contribution in [0.2, 0.25) is 0 Å². The third-order valence-electron chi connectivity index (χ3n) is 4.09. The lowest BCUT2D eigenvalue weighted by Gasteiger charge is -2.36. The molecular formula is C13H24N4. The van der Waals surface area contributed by atoms with Crippen LogP contribution in [0.3, 0.4) is 0 Å². The number of imidazole rings is 1. The van der Waals surface area contributed by atoms with E-state index in [1.807, 2.05) is 19.6 Å². The van der Waals surface area contributed by atoms with Gasteiger partial charge in [-0.3, -0.25) is 4.90 Å². The Hall–Kier alpha value is -0.870. The molecule has 1 aliphatic heterocycles. The zero-order valence-electron chi connectivity index (χ0n) is 11.0. The van der Waals surface area contributed by atoms with Crippen molar-refractivity contribution in [1.29, 1.82) is 0 Å². The molecule has 2 heterocycles. The Morgan fingerprint density at radius 1 is 1.47 bits per heavy atom. The number of aryl methyl sites for hydroxylation is 1. The van der Waals surface area contributed by atoms with Crippen molar-refractivity contribution in [3.05, 3.63) is 18.2 Å². The second kappa shape index (κ2) is 5.65. The van der Waals surface area contributed by atoms with E-state index >= 15 is 0 Å². The van der Waals surface area contributed by atoms with E-state index in [1.165, 1.54) is 38.0 Å². The number of nitrogens with two attached hydrogens (primary N) is 1.